The van der Waals surface area contributed by atoms with E-state index >= 15 is 0 Å². The number of anilines is 1. The number of carbonyl (C=O) groups excluding carboxylic acids is 1. The molecule has 7 nitrogen and oxygen atoms in total. The van der Waals surface area contributed by atoms with Crippen LogP contribution in [0.5, 0.6) is 0 Å². The molecule has 3 aromatic carbocycles. The van der Waals surface area contributed by atoms with E-state index < -0.39 is 31.8 Å². The number of hydrogen-bond acceptors (Lipinski definition) is 5. The summed E-state index contributed by atoms with van der Waals surface area (Å²) >= 11 is 0. The van der Waals surface area contributed by atoms with Gasteiger partial charge in [0.1, 0.15) is 0 Å². The lowest BCUT2D eigenvalue weighted by molar-refractivity contribution is 0.0940. The summed E-state index contributed by atoms with van der Waals surface area (Å²) < 4.78 is 49.8. The molecule has 3 aromatic rings. The zero-order chi connectivity index (χ0) is 24.2. The summed E-state index contributed by atoms with van der Waals surface area (Å²) in [6.45, 7) is 1.86. The predicted octanol–water partition coefficient (Wildman–Crippen LogP) is 3.55. The highest BCUT2D eigenvalue weighted by Crippen LogP contribution is 2.26. The second kappa shape index (κ2) is 9.76. The van der Waals surface area contributed by atoms with Gasteiger partial charge in [0, 0.05) is 6.26 Å². The molecule has 1 unspecified atom stereocenters. The van der Waals surface area contributed by atoms with Gasteiger partial charge < -0.3 is 5.32 Å². The second-order valence-corrected chi connectivity index (χ2v) is 11.7. The molecule has 0 aliphatic heterocycles. The molecule has 3 rings (SSSR count). The van der Waals surface area contributed by atoms with Crippen molar-refractivity contribution in [1.82, 2.24) is 5.32 Å². The van der Waals surface area contributed by atoms with Crippen molar-refractivity contribution in [3.8, 4) is 0 Å². The molecule has 0 aliphatic carbocycles. The molecule has 1 atom stereocenters. The Kier molecular flexibility index (Phi) is 7.24. The van der Waals surface area contributed by atoms with Crippen LogP contribution in [-0.2, 0) is 26.4 Å². The number of nitrogens with zero attached hydrogens (tertiary/aromatic N) is 1. The number of para-hydroxylation sites is 1. The van der Waals surface area contributed by atoms with Gasteiger partial charge in [-0.15, -0.1) is 0 Å². The van der Waals surface area contributed by atoms with E-state index in [-0.39, 0.29) is 22.7 Å². The van der Waals surface area contributed by atoms with Crippen molar-refractivity contribution in [2.45, 2.75) is 24.4 Å². The SMILES string of the molecule is CC(NC(=O)c1ccccc1N(Cc1ccccc1)S(C)(=O)=O)c1ccc(S(C)(=O)=O)cc1. The zero-order valence-electron chi connectivity index (χ0n) is 18.6. The van der Waals surface area contributed by atoms with Crippen LogP contribution in [0.1, 0.15) is 34.5 Å². The Labute approximate surface area is 195 Å². The number of rotatable bonds is 8. The molecule has 1 amide bonds. The molecule has 1 N–H and O–H groups in total. The number of carbonyl (C=O) groups is 1. The third-order valence-electron chi connectivity index (χ3n) is 5.14. The molecule has 0 aliphatic rings. The molecule has 0 heterocycles. The fraction of sp³-hybridized carbons (Fsp3) is 0.208. The Morgan fingerprint density at radius 3 is 2.00 bits per heavy atom. The molecular weight excluding hydrogens is 460 g/mol. The largest absolute Gasteiger partial charge is 0.345 e. The van der Waals surface area contributed by atoms with Crippen molar-refractivity contribution >= 4 is 31.5 Å². The van der Waals surface area contributed by atoms with Gasteiger partial charge in [-0.25, -0.2) is 16.8 Å². The summed E-state index contributed by atoms with van der Waals surface area (Å²) in [5.41, 5.74) is 2.01. The average molecular weight is 487 g/mol. The summed E-state index contributed by atoms with van der Waals surface area (Å²) in [6.07, 6.45) is 2.24. The highest BCUT2D eigenvalue weighted by molar-refractivity contribution is 7.92. The van der Waals surface area contributed by atoms with Gasteiger partial charge in [-0.3, -0.25) is 9.10 Å². The van der Waals surface area contributed by atoms with Crippen LogP contribution in [-0.4, -0.2) is 35.3 Å². The Balaban J connectivity index is 1.88. The van der Waals surface area contributed by atoms with Crippen molar-refractivity contribution in [3.05, 3.63) is 95.6 Å². The predicted molar refractivity (Wildman–Crippen MR) is 129 cm³/mol. The first kappa shape index (κ1) is 24.5. The van der Waals surface area contributed by atoms with Crippen LogP contribution < -0.4 is 9.62 Å². The molecule has 0 fully saturated rings. The molecule has 0 bridgehead atoms. The number of sulfone groups is 1. The van der Waals surface area contributed by atoms with Crippen LogP contribution in [0.2, 0.25) is 0 Å². The molecule has 174 valence electrons. The van der Waals surface area contributed by atoms with E-state index in [0.717, 1.165) is 23.6 Å². The molecular formula is C24H26N2O5S2. The minimum absolute atomic E-state index is 0.0898. The van der Waals surface area contributed by atoms with E-state index in [1.165, 1.54) is 16.4 Å². The third-order valence-corrected chi connectivity index (χ3v) is 7.40. The van der Waals surface area contributed by atoms with Crippen LogP contribution in [0.4, 0.5) is 5.69 Å². The van der Waals surface area contributed by atoms with Gasteiger partial charge in [0.2, 0.25) is 10.0 Å². The van der Waals surface area contributed by atoms with Gasteiger partial charge in [0.25, 0.3) is 5.91 Å². The summed E-state index contributed by atoms with van der Waals surface area (Å²) in [7, 11) is -6.99. The third kappa shape index (κ3) is 6.21. The minimum Gasteiger partial charge on any atom is -0.345 e. The van der Waals surface area contributed by atoms with Crippen LogP contribution in [0.3, 0.4) is 0 Å². The summed E-state index contributed by atoms with van der Waals surface area (Å²) in [6, 6.07) is 21.5. The second-order valence-electron chi connectivity index (χ2n) is 7.81. The minimum atomic E-state index is -3.68. The van der Waals surface area contributed by atoms with Gasteiger partial charge in [-0.1, -0.05) is 54.6 Å². The van der Waals surface area contributed by atoms with Gasteiger partial charge in [-0.05, 0) is 42.3 Å². The van der Waals surface area contributed by atoms with Gasteiger partial charge in [0.15, 0.2) is 9.84 Å². The lowest BCUT2D eigenvalue weighted by Gasteiger charge is -2.25. The smallest absolute Gasteiger partial charge is 0.253 e. The van der Waals surface area contributed by atoms with Gasteiger partial charge in [0.05, 0.1) is 35.0 Å². The molecule has 0 aromatic heterocycles. The van der Waals surface area contributed by atoms with E-state index in [1.54, 1.807) is 43.3 Å². The zero-order valence-corrected chi connectivity index (χ0v) is 20.2. The number of hydrogen-bond donors (Lipinski definition) is 1. The maximum Gasteiger partial charge on any atom is 0.253 e. The topological polar surface area (TPSA) is 101 Å². The lowest BCUT2D eigenvalue weighted by atomic mass is 10.1. The van der Waals surface area contributed by atoms with Crippen molar-refractivity contribution in [3.63, 3.8) is 0 Å². The van der Waals surface area contributed by atoms with Crippen LogP contribution in [0, 0.1) is 0 Å². The first-order chi connectivity index (χ1) is 15.5. The number of benzene rings is 3. The van der Waals surface area contributed by atoms with E-state index in [1.807, 2.05) is 30.3 Å². The standard InChI is InChI=1S/C24H26N2O5S2/c1-18(20-13-15-21(16-14-20)32(2,28)29)25-24(27)22-11-7-8-12-23(22)26(33(3,30)31)17-19-9-5-4-6-10-19/h4-16,18H,17H2,1-3H3,(H,25,27). The van der Waals surface area contributed by atoms with E-state index in [2.05, 4.69) is 5.32 Å². The highest BCUT2D eigenvalue weighted by atomic mass is 32.2. The first-order valence-corrected chi connectivity index (χ1v) is 13.9. The maximum absolute atomic E-state index is 13.1. The quantitative estimate of drug-likeness (QED) is 0.525. The first-order valence-electron chi connectivity index (χ1n) is 10.2. The summed E-state index contributed by atoms with van der Waals surface area (Å²) in [5.74, 6) is -0.438. The van der Waals surface area contributed by atoms with Crippen molar-refractivity contribution in [2.24, 2.45) is 0 Å². The van der Waals surface area contributed by atoms with Crippen molar-refractivity contribution < 1.29 is 21.6 Å². The number of amides is 1. The fourth-order valence-electron chi connectivity index (χ4n) is 3.37. The monoisotopic (exact) mass is 486 g/mol. The van der Waals surface area contributed by atoms with Gasteiger partial charge >= 0.3 is 0 Å². The number of sulfonamides is 1. The van der Waals surface area contributed by atoms with Crippen LogP contribution in [0.25, 0.3) is 0 Å². The van der Waals surface area contributed by atoms with E-state index in [4.69, 9.17) is 0 Å². The molecule has 0 radical (unpaired) electrons. The Hall–Kier alpha value is -3.17. The van der Waals surface area contributed by atoms with Crippen molar-refractivity contribution in [2.75, 3.05) is 16.8 Å². The van der Waals surface area contributed by atoms with Crippen molar-refractivity contribution in [1.29, 1.82) is 0 Å². The van der Waals surface area contributed by atoms with Gasteiger partial charge in [-0.2, -0.15) is 0 Å². The Morgan fingerprint density at radius 2 is 1.42 bits per heavy atom. The Morgan fingerprint density at radius 1 is 0.848 bits per heavy atom. The normalized spacial score (nSPS) is 12.7. The molecule has 9 heteroatoms. The molecule has 0 saturated heterocycles. The van der Waals surface area contributed by atoms with E-state index in [0.29, 0.717) is 0 Å². The lowest BCUT2D eigenvalue weighted by Crippen LogP contribution is -2.33. The molecule has 0 saturated carbocycles. The number of nitrogens with one attached hydrogen (secondary N) is 1. The van der Waals surface area contributed by atoms with E-state index in [9.17, 15) is 21.6 Å². The fourth-order valence-corrected chi connectivity index (χ4v) is 4.91. The molecule has 33 heavy (non-hydrogen) atoms. The maximum atomic E-state index is 13.1. The highest BCUT2D eigenvalue weighted by Gasteiger charge is 2.24. The van der Waals surface area contributed by atoms with Crippen LogP contribution >= 0.6 is 0 Å². The molecule has 0 spiro atoms. The average Bonchev–Trinajstić information content (AvgIpc) is 2.77. The Bertz CT molecular complexity index is 1340. The summed E-state index contributed by atoms with van der Waals surface area (Å²) in [4.78, 5) is 13.3. The summed E-state index contributed by atoms with van der Waals surface area (Å²) in [5, 5.41) is 2.87. The van der Waals surface area contributed by atoms with Crippen LogP contribution in [0.15, 0.2) is 83.8 Å².